The fourth-order valence-electron chi connectivity index (χ4n) is 2.11. The van der Waals surface area contributed by atoms with E-state index in [1.807, 2.05) is 0 Å². The lowest BCUT2D eigenvalue weighted by Crippen LogP contribution is -2.54. The largest absolute Gasteiger partial charge is 0.410 e. The highest BCUT2D eigenvalue weighted by atomic mass is 19.4. The van der Waals surface area contributed by atoms with Gasteiger partial charge in [0.1, 0.15) is 0 Å². The van der Waals surface area contributed by atoms with Crippen molar-refractivity contribution in [2.45, 2.75) is 18.8 Å². The first-order valence-electron chi connectivity index (χ1n) is 4.87. The van der Waals surface area contributed by atoms with Crippen LogP contribution in [0.25, 0.3) is 0 Å². The van der Waals surface area contributed by atoms with E-state index in [2.05, 4.69) is 0 Å². The van der Waals surface area contributed by atoms with E-state index in [0.29, 0.717) is 0 Å². The molecular weight excluding hydrogens is 262 g/mol. The molecule has 0 saturated carbocycles. The highest BCUT2D eigenvalue weighted by molar-refractivity contribution is 6.06. The first-order chi connectivity index (χ1) is 8.11. The lowest BCUT2D eigenvalue weighted by atomic mass is 9.82. The number of carbonyl (C=O) groups is 1. The highest BCUT2D eigenvalue weighted by Crippen LogP contribution is 2.57. The number of ketones is 1. The summed E-state index contributed by atoms with van der Waals surface area (Å²) in [4.78, 5) is 11.6. The van der Waals surface area contributed by atoms with Gasteiger partial charge in [-0.1, -0.05) is 24.3 Å². The number of fused-ring (bicyclic) bond motifs is 1. The Bertz CT molecular complexity index is 485. The maximum absolute atomic E-state index is 12.8. The van der Waals surface area contributed by atoms with Gasteiger partial charge in [0.2, 0.25) is 5.41 Å². The first kappa shape index (κ1) is 12.9. The van der Waals surface area contributed by atoms with Crippen LogP contribution in [0.1, 0.15) is 15.9 Å². The number of alkyl halides is 6. The van der Waals surface area contributed by atoms with Crippen LogP contribution in [0.3, 0.4) is 0 Å². The third-order valence-corrected chi connectivity index (χ3v) is 3.07. The maximum atomic E-state index is 12.8. The summed E-state index contributed by atoms with van der Waals surface area (Å²) < 4.78 is 76.7. The number of hydrogen-bond donors (Lipinski definition) is 0. The Morgan fingerprint density at radius 2 is 1.44 bits per heavy atom. The molecule has 18 heavy (non-hydrogen) atoms. The van der Waals surface area contributed by atoms with Crippen LogP contribution >= 0.6 is 0 Å². The first-order valence-corrected chi connectivity index (χ1v) is 4.87. The molecule has 0 radical (unpaired) electrons. The second-order valence-corrected chi connectivity index (χ2v) is 4.06. The standard InChI is InChI=1S/C11H6F6O/c12-10(13,14)9(11(15,16)17)5-6-3-1-2-4-7(6)8(9)18/h1-4H,5H2. The van der Waals surface area contributed by atoms with E-state index >= 15 is 0 Å². The van der Waals surface area contributed by atoms with Crippen molar-refractivity contribution in [1.29, 1.82) is 0 Å². The average Bonchev–Trinajstić information content (AvgIpc) is 2.52. The van der Waals surface area contributed by atoms with Crippen molar-refractivity contribution in [3.05, 3.63) is 35.4 Å². The molecule has 1 aromatic rings. The Balaban J connectivity index is 2.66. The molecule has 0 aliphatic heterocycles. The van der Waals surface area contributed by atoms with Gasteiger partial charge in [-0.15, -0.1) is 0 Å². The van der Waals surface area contributed by atoms with Crippen molar-refractivity contribution in [2.24, 2.45) is 5.41 Å². The second-order valence-electron chi connectivity index (χ2n) is 4.06. The third kappa shape index (κ3) is 1.46. The molecule has 1 nitrogen and oxygen atoms in total. The van der Waals surface area contributed by atoms with Gasteiger partial charge in [0.25, 0.3) is 0 Å². The number of carbonyl (C=O) groups excluding carboxylic acids is 1. The summed E-state index contributed by atoms with van der Waals surface area (Å²) >= 11 is 0. The summed E-state index contributed by atoms with van der Waals surface area (Å²) in [6.07, 6.45) is -12.7. The molecule has 0 unspecified atom stereocenters. The highest BCUT2D eigenvalue weighted by Gasteiger charge is 2.76. The van der Waals surface area contributed by atoms with Crippen molar-refractivity contribution in [2.75, 3.05) is 0 Å². The van der Waals surface area contributed by atoms with Gasteiger partial charge in [-0.2, -0.15) is 26.3 Å². The summed E-state index contributed by atoms with van der Waals surface area (Å²) in [6.45, 7) is 0. The molecule has 1 aliphatic rings. The van der Waals surface area contributed by atoms with Crippen LogP contribution in [-0.2, 0) is 6.42 Å². The van der Waals surface area contributed by atoms with E-state index in [9.17, 15) is 31.1 Å². The molecule has 98 valence electrons. The maximum Gasteiger partial charge on any atom is 0.410 e. The molecule has 0 bridgehead atoms. The minimum Gasteiger partial charge on any atom is -0.293 e. The van der Waals surface area contributed by atoms with Gasteiger partial charge in [-0.05, 0) is 5.56 Å². The van der Waals surface area contributed by atoms with Crippen molar-refractivity contribution in [3.63, 3.8) is 0 Å². The Morgan fingerprint density at radius 1 is 0.944 bits per heavy atom. The third-order valence-electron chi connectivity index (χ3n) is 3.07. The topological polar surface area (TPSA) is 17.1 Å². The lowest BCUT2D eigenvalue weighted by Gasteiger charge is -2.31. The van der Waals surface area contributed by atoms with Crippen LogP contribution in [0.15, 0.2) is 24.3 Å². The van der Waals surface area contributed by atoms with E-state index < -0.39 is 35.5 Å². The van der Waals surface area contributed by atoms with Crippen molar-refractivity contribution >= 4 is 5.78 Å². The summed E-state index contributed by atoms with van der Waals surface area (Å²) in [5, 5.41) is 0. The smallest absolute Gasteiger partial charge is 0.293 e. The molecule has 0 spiro atoms. The van der Waals surface area contributed by atoms with E-state index in [0.717, 1.165) is 12.1 Å². The molecule has 0 atom stereocenters. The number of benzene rings is 1. The van der Waals surface area contributed by atoms with Crippen molar-refractivity contribution in [3.8, 4) is 0 Å². The number of hydrogen-bond acceptors (Lipinski definition) is 1. The number of Topliss-reactive ketones (excluding diaryl/α,β-unsaturated/α-hetero) is 1. The monoisotopic (exact) mass is 268 g/mol. The van der Waals surface area contributed by atoms with Gasteiger partial charge < -0.3 is 0 Å². The molecule has 1 aromatic carbocycles. The van der Waals surface area contributed by atoms with Crippen LogP contribution in [0.5, 0.6) is 0 Å². The van der Waals surface area contributed by atoms with E-state index in [1.165, 1.54) is 12.1 Å². The van der Waals surface area contributed by atoms with Crippen molar-refractivity contribution < 1.29 is 31.1 Å². The molecule has 0 N–H and O–H groups in total. The molecule has 1 aliphatic carbocycles. The summed E-state index contributed by atoms with van der Waals surface area (Å²) in [7, 11) is 0. The van der Waals surface area contributed by atoms with Gasteiger partial charge in [0.05, 0.1) is 0 Å². The zero-order chi connectivity index (χ0) is 13.8. The van der Waals surface area contributed by atoms with Gasteiger partial charge in [0.15, 0.2) is 5.78 Å². The predicted molar refractivity (Wildman–Crippen MR) is 49.0 cm³/mol. The van der Waals surface area contributed by atoms with Crippen LogP contribution in [0.4, 0.5) is 26.3 Å². The van der Waals surface area contributed by atoms with Gasteiger partial charge in [-0.3, -0.25) is 4.79 Å². The van der Waals surface area contributed by atoms with Crippen LogP contribution in [0, 0.1) is 5.41 Å². The molecule has 7 heteroatoms. The summed E-state index contributed by atoms with van der Waals surface area (Å²) in [5.74, 6) is -1.92. The lowest BCUT2D eigenvalue weighted by molar-refractivity contribution is -0.314. The molecule has 0 heterocycles. The minimum atomic E-state index is -5.67. The normalized spacial score (nSPS) is 18.9. The molecule has 0 fully saturated rings. The quantitative estimate of drug-likeness (QED) is 0.658. The SMILES string of the molecule is O=C1c2ccccc2CC1(C(F)(F)F)C(F)(F)F. The van der Waals surface area contributed by atoms with E-state index in [-0.39, 0.29) is 5.56 Å². The molecule has 0 aromatic heterocycles. The second kappa shape index (κ2) is 3.49. The Hall–Kier alpha value is -1.53. The zero-order valence-corrected chi connectivity index (χ0v) is 8.69. The van der Waals surface area contributed by atoms with Crippen LogP contribution in [0.2, 0.25) is 0 Å². The Labute approximate surface area is 97.4 Å². The fraction of sp³-hybridized carbons (Fsp3) is 0.364. The Kier molecular flexibility index (Phi) is 2.50. The number of rotatable bonds is 0. The predicted octanol–water partition coefficient (Wildman–Crippen LogP) is 3.54. The Morgan fingerprint density at radius 3 is 1.89 bits per heavy atom. The zero-order valence-electron chi connectivity index (χ0n) is 8.69. The summed E-state index contributed by atoms with van der Waals surface area (Å²) in [6, 6.07) is 4.62. The van der Waals surface area contributed by atoms with Crippen LogP contribution in [-0.4, -0.2) is 18.1 Å². The van der Waals surface area contributed by atoms with Gasteiger partial charge in [-0.25, -0.2) is 0 Å². The van der Waals surface area contributed by atoms with E-state index in [1.54, 1.807) is 0 Å². The molecule has 2 rings (SSSR count). The molecular formula is C11H6F6O. The van der Waals surface area contributed by atoms with Gasteiger partial charge >= 0.3 is 12.4 Å². The van der Waals surface area contributed by atoms with Crippen molar-refractivity contribution in [1.82, 2.24) is 0 Å². The van der Waals surface area contributed by atoms with Crippen LogP contribution < -0.4 is 0 Å². The average molecular weight is 268 g/mol. The fourth-order valence-corrected chi connectivity index (χ4v) is 2.11. The van der Waals surface area contributed by atoms with Gasteiger partial charge in [0, 0.05) is 12.0 Å². The molecule has 0 saturated heterocycles. The molecule has 0 amide bonds. The minimum absolute atomic E-state index is 0.225. The summed E-state index contributed by atoms with van der Waals surface area (Å²) in [5.41, 5.74) is -5.03. The van der Waals surface area contributed by atoms with E-state index in [4.69, 9.17) is 0 Å². The number of halogens is 6.